The van der Waals surface area contributed by atoms with Crippen molar-refractivity contribution < 1.29 is 49.6 Å². The van der Waals surface area contributed by atoms with Gasteiger partial charge < -0.3 is 44.8 Å². The molecule has 4 aliphatic carbocycles. The second-order valence-electron chi connectivity index (χ2n) is 13.6. The van der Waals surface area contributed by atoms with Gasteiger partial charge in [-0.2, -0.15) is 0 Å². The largest absolute Gasteiger partial charge is 0.458 e. The van der Waals surface area contributed by atoms with Crippen LogP contribution >= 0.6 is 0 Å². The van der Waals surface area contributed by atoms with Crippen LogP contribution in [0, 0.1) is 34.5 Å². The van der Waals surface area contributed by atoms with Crippen LogP contribution in [0.1, 0.15) is 65.2 Å². The molecule has 2 heterocycles. The van der Waals surface area contributed by atoms with Crippen LogP contribution < -0.4 is 0 Å². The average molecular weight is 553 g/mol. The van der Waals surface area contributed by atoms with Crippen LogP contribution in [0.4, 0.5) is 0 Å². The van der Waals surface area contributed by atoms with Crippen molar-refractivity contribution in [1.29, 1.82) is 0 Å². The van der Waals surface area contributed by atoms with Crippen LogP contribution in [0.25, 0.3) is 0 Å². The molecule has 0 bridgehead atoms. The van der Waals surface area contributed by atoms with Gasteiger partial charge in [0.2, 0.25) is 0 Å². The van der Waals surface area contributed by atoms with E-state index < -0.39 is 54.4 Å². The summed E-state index contributed by atoms with van der Waals surface area (Å²) in [6.45, 7) is 4.04. The van der Waals surface area contributed by atoms with Gasteiger partial charge in [-0.15, -0.1) is 0 Å². The molecule has 6 N–H and O–H groups in total. The van der Waals surface area contributed by atoms with Crippen molar-refractivity contribution in [3.8, 4) is 0 Å². The summed E-state index contributed by atoms with van der Waals surface area (Å²) in [6.07, 6.45) is 0.134. The molecule has 0 aromatic heterocycles. The van der Waals surface area contributed by atoms with Gasteiger partial charge in [0.25, 0.3) is 0 Å². The number of aliphatic hydroxyl groups excluding tert-OH is 5. The number of carbonyl (C=O) groups is 1. The summed E-state index contributed by atoms with van der Waals surface area (Å²) in [5, 5.41) is 64.3. The third-order valence-corrected chi connectivity index (χ3v) is 12.2. The molecule has 5 fully saturated rings. The Morgan fingerprint density at radius 1 is 0.974 bits per heavy atom. The minimum atomic E-state index is -1.47. The minimum Gasteiger partial charge on any atom is -0.458 e. The van der Waals surface area contributed by atoms with Crippen molar-refractivity contribution >= 4 is 5.97 Å². The third-order valence-electron chi connectivity index (χ3n) is 12.2. The van der Waals surface area contributed by atoms with Crippen molar-refractivity contribution in [3.63, 3.8) is 0 Å². The second kappa shape index (κ2) is 9.73. The summed E-state index contributed by atoms with van der Waals surface area (Å²) in [5.74, 6) is 0.0646. The zero-order valence-electron chi connectivity index (χ0n) is 22.8. The number of ether oxygens (including phenoxy) is 3. The third kappa shape index (κ3) is 4.00. The van der Waals surface area contributed by atoms with Crippen LogP contribution in [-0.2, 0) is 19.0 Å². The molecular formula is C29H44O10. The maximum atomic E-state index is 12.4. The molecule has 2 aliphatic heterocycles. The van der Waals surface area contributed by atoms with Gasteiger partial charge in [0.1, 0.15) is 31.0 Å². The van der Waals surface area contributed by atoms with E-state index in [4.69, 9.17) is 14.2 Å². The number of hydrogen-bond acceptors (Lipinski definition) is 10. The topological polar surface area (TPSA) is 166 Å². The highest BCUT2D eigenvalue weighted by Crippen LogP contribution is 2.70. The van der Waals surface area contributed by atoms with Gasteiger partial charge >= 0.3 is 5.97 Å². The highest BCUT2D eigenvalue weighted by molar-refractivity contribution is 5.85. The van der Waals surface area contributed by atoms with Crippen LogP contribution in [0.2, 0.25) is 0 Å². The summed E-state index contributed by atoms with van der Waals surface area (Å²) in [5.41, 5.74) is -0.966. The fourth-order valence-corrected chi connectivity index (χ4v) is 9.84. The van der Waals surface area contributed by atoms with Crippen molar-refractivity contribution in [2.75, 3.05) is 13.2 Å². The van der Waals surface area contributed by atoms with Gasteiger partial charge in [-0.1, -0.05) is 13.8 Å². The molecule has 0 aromatic rings. The Kier molecular flexibility index (Phi) is 6.99. The molecular weight excluding hydrogens is 508 g/mol. The highest BCUT2D eigenvalue weighted by Gasteiger charge is 2.70. The first-order valence-electron chi connectivity index (χ1n) is 14.7. The monoisotopic (exact) mass is 552 g/mol. The summed E-state index contributed by atoms with van der Waals surface area (Å²) >= 11 is 0. The fourth-order valence-electron chi connectivity index (χ4n) is 9.84. The number of fused-ring (bicyclic) bond motifs is 5. The first kappa shape index (κ1) is 28.0. The first-order valence-corrected chi connectivity index (χ1v) is 14.7. The molecule has 10 nitrogen and oxygen atoms in total. The zero-order valence-corrected chi connectivity index (χ0v) is 22.8. The van der Waals surface area contributed by atoms with Gasteiger partial charge in [-0.05, 0) is 86.0 Å². The smallest absolute Gasteiger partial charge is 0.331 e. The van der Waals surface area contributed by atoms with Crippen LogP contribution in [0.3, 0.4) is 0 Å². The molecule has 4 saturated carbocycles. The van der Waals surface area contributed by atoms with E-state index in [0.717, 1.165) is 37.7 Å². The standard InChI is InChI=1S/C29H44O10/c1-27-7-5-16(38-26-25(35)24(34)23(33)20(12-30)39-26)10-15(27)3-4-18-19(27)11-21(31)28(2)17(6-8-29(18,28)36)14-9-22(32)37-13-14/h9,15-21,23-26,30-31,33-36H,3-8,10-13H2,1-2H3/t15-,16-,17-,18-,19+,20-,21-,23-,24+,25+,26?,27+,28+,29+/m1/s1. The van der Waals surface area contributed by atoms with E-state index in [9.17, 15) is 35.4 Å². The van der Waals surface area contributed by atoms with E-state index in [2.05, 4.69) is 6.92 Å². The Morgan fingerprint density at radius 3 is 2.44 bits per heavy atom. The highest BCUT2D eigenvalue weighted by atomic mass is 16.7. The number of hydrogen-bond donors (Lipinski definition) is 6. The molecule has 0 amide bonds. The average Bonchev–Trinajstić information content (AvgIpc) is 3.46. The number of carbonyl (C=O) groups excluding carboxylic acids is 1. The van der Waals surface area contributed by atoms with E-state index >= 15 is 0 Å². The van der Waals surface area contributed by atoms with Gasteiger partial charge in [0.15, 0.2) is 6.29 Å². The molecule has 0 spiro atoms. The molecule has 39 heavy (non-hydrogen) atoms. The Morgan fingerprint density at radius 2 is 1.74 bits per heavy atom. The summed E-state index contributed by atoms with van der Waals surface area (Å²) in [7, 11) is 0. The predicted molar refractivity (Wildman–Crippen MR) is 136 cm³/mol. The maximum Gasteiger partial charge on any atom is 0.331 e. The molecule has 0 radical (unpaired) electrons. The number of aliphatic hydroxyl groups is 6. The predicted octanol–water partition coefficient (Wildman–Crippen LogP) is 0.399. The Labute approximate surface area is 229 Å². The number of rotatable bonds is 4. The van der Waals surface area contributed by atoms with Crippen molar-refractivity contribution in [2.24, 2.45) is 34.5 Å². The van der Waals surface area contributed by atoms with E-state index in [1.807, 2.05) is 6.92 Å². The maximum absolute atomic E-state index is 12.4. The summed E-state index contributed by atoms with van der Waals surface area (Å²) < 4.78 is 16.9. The van der Waals surface area contributed by atoms with Crippen LogP contribution in [-0.4, -0.2) is 98.3 Å². The van der Waals surface area contributed by atoms with Gasteiger partial charge in [0.05, 0.1) is 24.4 Å². The van der Waals surface area contributed by atoms with Crippen molar-refractivity contribution in [2.45, 2.75) is 114 Å². The Bertz CT molecular complexity index is 1000. The molecule has 10 heteroatoms. The summed E-state index contributed by atoms with van der Waals surface area (Å²) in [4.78, 5) is 11.8. The van der Waals surface area contributed by atoms with E-state index in [1.54, 1.807) is 6.08 Å². The lowest BCUT2D eigenvalue weighted by atomic mass is 9.42. The lowest BCUT2D eigenvalue weighted by Gasteiger charge is -2.65. The normalized spacial score (nSPS) is 55.3. The molecule has 1 saturated heterocycles. The van der Waals surface area contributed by atoms with Crippen molar-refractivity contribution in [1.82, 2.24) is 0 Å². The molecule has 6 aliphatic rings. The Balaban J connectivity index is 1.18. The lowest BCUT2D eigenvalue weighted by molar-refractivity contribution is -0.317. The SMILES string of the molecule is C[C@]12CC[C@@H](OC3O[C@H](CO)[C@@H](O)[C@H](O)[C@@H]3O)C[C@H]1CC[C@@H]1[C@@H]2C[C@@H](O)[C@]2(C)[C@@H](C3=CC(=O)OC3)CC[C@]12O. The first-order chi connectivity index (χ1) is 18.4. The zero-order chi connectivity index (χ0) is 27.9. The number of esters is 1. The molecule has 14 atom stereocenters. The van der Waals surface area contributed by atoms with Crippen molar-refractivity contribution in [3.05, 3.63) is 11.6 Å². The van der Waals surface area contributed by atoms with E-state index in [0.29, 0.717) is 25.2 Å². The van der Waals surface area contributed by atoms with E-state index in [1.165, 1.54) is 0 Å². The van der Waals surface area contributed by atoms with Crippen LogP contribution in [0.5, 0.6) is 0 Å². The quantitative estimate of drug-likeness (QED) is 0.212. The Hall–Kier alpha value is -1.11. The van der Waals surface area contributed by atoms with Gasteiger partial charge in [-0.3, -0.25) is 0 Å². The second-order valence-corrected chi connectivity index (χ2v) is 13.6. The molecule has 220 valence electrons. The lowest BCUT2D eigenvalue weighted by Crippen LogP contribution is -2.67. The number of cyclic esters (lactones) is 1. The van der Waals surface area contributed by atoms with Gasteiger partial charge in [-0.25, -0.2) is 4.79 Å². The van der Waals surface area contributed by atoms with E-state index in [-0.39, 0.29) is 41.8 Å². The molecule has 1 unspecified atom stereocenters. The molecule has 6 rings (SSSR count). The van der Waals surface area contributed by atoms with Crippen LogP contribution in [0.15, 0.2) is 11.6 Å². The minimum absolute atomic E-state index is 0.0543. The fraction of sp³-hybridized carbons (Fsp3) is 0.897. The van der Waals surface area contributed by atoms with Gasteiger partial charge in [0, 0.05) is 11.5 Å². The summed E-state index contributed by atoms with van der Waals surface area (Å²) in [6, 6.07) is 0. The molecule has 0 aromatic carbocycles.